The number of amides is 1. The number of carbonyl (C=O) groups excluding carboxylic acids is 1. The number of hydrogen-bond donors (Lipinski definition) is 1. The van der Waals surface area contributed by atoms with Crippen molar-refractivity contribution in [3.63, 3.8) is 0 Å². The first-order valence-electron chi connectivity index (χ1n) is 8.86. The van der Waals surface area contributed by atoms with Crippen LogP contribution in [-0.4, -0.2) is 61.5 Å². The Morgan fingerprint density at radius 2 is 1.86 bits per heavy atom. The molecule has 4 heteroatoms. The van der Waals surface area contributed by atoms with Gasteiger partial charge in [-0.3, -0.25) is 4.79 Å². The fourth-order valence-electron chi connectivity index (χ4n) is 3.72. The summed E-state index contributed by atoms with van der Waals surface area (Å²) in [6.07, 6.45) is 8.84. The molecule has 0 aliphatic carbocycles. The zero-order chi connectivity index (χ0) is 15.1. The van der Waals surface area contributed by atoms with Crippen molar-refractivity contribution >= 4 is 5.91 Å². The van der Waals surface area contributed by atoms with Gasteiger partial charge in [0.05, 0.1) is 0 Å². The highest BCUT2D eigenvalue weighted by atomic mass is 16.1. The minimum absolute atomic E-state index is 0.163. The maximum absolute atomic E-state index is 11.3. The highest BCUT2D eigenvalue weighted by molar-refractivity contribution is 5.75. The van der Waals surface area contributed by atoms with Crippen LogP contribution < -0.4 is 5.32 Å². The van der Waals surface area contributed by atoms with Gasteiger partial charge in [-0.15, -0.1) is 0 Å². The highest BCUT2D eigenvalue weighted by Crippen LogP contribution is 2.23. The smallest absolute Gasteiger partial charge is 0.221 e. The first-order valence-corrected chi connectivity index (χ1v) is 8.86. The topological polar surface area (TPSA) is 35.6 Å². The van der Waals surface area contributed by atoms with E-state index in [1.54, 1.807) is 7.05 Å². The number of hydrogen-bond acceptors (Lipinski definition) is 3. The zero-order valence-electron chi connectivity index (χ0n) is 13.9. The van der Waals surface area contributed by atoms with E-state index < -0.39 is 0 Å². The number of piperidine rings is 2. The number of rotatable bonds is 6. The molecule has 2 aliphatic rings. The lowest BCUT2D eigenvalue weighted by Gasteiger charge is -2.36. The van der Waals surface area contributed by atoms with Gasteiger partial charge in [-0.1, -0.05) is 6.42 Å². The molecule has 21 heavy (non-hydrogen) atoms. The van der Waals surface area contributed by atoms with Gasteiger partial charge in [0, 0.05) is 26.1 Å². The van der Waals surface area contributed by atoms with Gasteiger partial charge in [-0.2, -0.15) is 0 Å². The summed E-state index contributed by atoms with van der Waals surface area (Å²) in [5.74, 6) is 1.06. The van der Waals surface area contributed by atoms with Crippen molar-refractivity contribution in [1.82, 2.24) is 15.1 Å². The molecule has 122 valence electrons. The molecule has 0 bridgehead atoms. The van der Waals surface area contributed by atoms with Crippen LogP contribution in [0.25, 0.3) is 0 Å². The van der Waals surface area contributed by atoms with Gasteiger partial charge >= 0.3 is 0 Å². The molecule has 4 nitrogen and oxygen atoms in total. The average molecular weight is 295 g/mol. The molecular weight excluding hydrogens is 262 g/mol. The summed E-state index contributed by atoms with van der Waals surface area (Å²) in [7, 11) is 1.72. The van der Waals surface area contributed by atoms with E-state index in [4.69, 9.17) is 0 Å². The van der Waals surface area contributed by atoms with Crippen molar-refractivity contribution < 1.29 is 4.79 Å². The van der Waals surface area contributed by atoms with Gasteiger partial charge in [0.1, 0.15) is 0 Å². The molecule has 1 atom stereocenters. The molecule has 1 N–H and O–H groups in total. The van der Waals surface area contributed by atoms with E-state index in [1.165, 1.54) is 64.7 Å². The molecule has 0 aromatic rings. The van der Waals surface area contributed by atoms with E-state index in [9.17, 15) is 4.79 Å². The Balaban J connectivity index is 1.59. The Labute approximate surface area is 130 Å². The van der Waals surface area contributed by atoms with Crippen LogP contribution in [0.3, 0.4) is 0 Å². The van der Waals surface area contributed by atoms with Crippen LogP contribution in [0.1, 0.15) is 51.9 Å². The molecule has 2 fully saturated rings. The van der Waals surface area contributed by atoms with Crippen molar-refractivity contribution in [2.75, 3.05) is 39.8 Å². The lowest BCUT2D eigenvalue weighted by molar-refractivity contribution is -0.121. The summed E-state index contributed by atoms with van der Waals surface area (Å²) in [5.41, 5.74) is 0. The van der Waals surface area contributed by atoms with Crippen LogP contribution >= 0.6 is 0 Å². The SMILES string of the molecule is CNC(=O)CCN1CCC(CCN2CCCC[C@@H]2C)CC1. The quantitative estimate of drug-likeness (QED) is 0.815. The van der Waals surface area contributed by atoms with Gasteiger partial charge in [-0.05, 0) is 71.1 Å². The molecule has 2 heterocycles. The summed E-state index contributed by atoms with van der Waals surface area (Å²) in [5, 5.41) is 2.70. The van der Waals surface area contributed by atoms with Gasteiger partial charge in [0.15, 0.2) is 0 Å². The van der Waals surface area contributed by atoms with Crippen molar-refractivity contribution in [1.29, 1.82) is 0 Å². The summed E-state index contributed by atoms with van der Waals surface area (Å²) >= 11 is 0. The third-order valence-corrected chi connectivity index (χ3v) is 5.41. The summed E-state index contributed by atoms with van der Waals surface area (Å²) in [6.45, 7) is 8.28. The molecule has 0 spiro atoms. The normalized spacial score (nSPS) is 25.9. The van der Waals surface area contributed by atoms with Crippen molar-refractivity contribution in [2.45, 2.75) is 57.9 Å². The van der Waals surface area contributed by atoms with Gasteiger partial charge in [-0.25, -0.2) is 0 Å². The van der Waals surface area contributed by atoms with Crippen molar-refractivity contribution in [2.24, 2.45) is 5.92 Å². The molecule has 0 saturated carbocycles. The van der Waals surface area contributed by atoms with E-state index in [1.807, 2.05) is 0 Å². The predicted molar refractivity (Wildman–Crippen MR) is 87.4 cm³/mol. The number of nitrogens with one attached hydrogen (secondary N) is 1. The van der Waals surface area contributed by atoms with Crippen LogP contribution in [0.4, 0.5) is 0 Å². The second-order valence-corrected chi connectivity index (χ2v) is 6.88. The van der Waals surface area contributed by atoms with Crippen molar-refractivity contribution in [3.8, 4) is 0 Å². The maximum Gasteiger partial charge on any atom is 0.221 e. The lowest BCUT2D eigenvalue weighted by Crippen LogP contribution is -2.40. The molecule has 2 saturated heterocycles. The molecule has 0 radical (unpaired) electrons. The molecular formula is C17H33N3O. The molecule has 0 aromatic carbocycles. The summed E-state index contributed by atoms with van der Waals surface area (Å²) < 4.78 is 0. The third kappa shape index (κ3) is 5.59. The van der Waals surface area contributed by atoms with Gasteiger partial charge < -0.3 is 15.1 Å². The number of carbonyl (C=O) groups is 1. The Morgan fingerprint density at radius 1 is 1.10 bits per heavy atom. The van der Waals surface area contributed by atoms with Gasteiger partial charge in [0.25, 0.3) is 0 Å². The van der Waals surface area contributed by atoms with Crippen molar-refractivity contribution in [3.05, 3.63) is 0 Å². The van der Waals surface area contributed by atoms with Crippen LogP contribution in [0.2, 0.25) is 0 Å². The molecule has 1 amide bonds. The zero-order valence-corrected chi connectivity index (χ0v) is 13.9. The van der Waals surface area contributed by atoms with E-state index in [2.05, 4.69) is 22.0 Å². The summed E-state index contributed by atoms with van der Waals surface area (Å²) in [6, 6.07) is 0.798. The molecule has 2 aliphatic heterocycles. The monoisotopic (exact) mass is 295 g/mol. The second kappa shape index (κ2) is 8.74. The Bertz CT molecular complexity index is 313. The first kappa shape index (κ1) is 16.8. The first-order chi connectivity index (χ1) is 10.2. The number of nitrogens with zero attached hydrogens (tertiary/aromatic N) is 2. The minimum Gasteiger partial charge on any atom is -0.359 e. The Morgan fingerprint density at radius 3 is 2.52 bits per heavy atom. The Hall–Kier alpha value is -0.610. The second-order valence-electron chi connectivity index (χ2n) is 6.88. The fourth-order valence-corrected chi connectivity index (χ4v) is 3.72. The molecule has 2 rings (SSSR count). The van der Waals surface area contributed by atoms with Crippen LogP contribution in [0, 0.1) is 5.92 Å². The highest BCUT2D eigenvalue weighted by Gasteiger charge is 2.22. The standard InChI is InChI=1S/C17H33N3O/c1-15-5-3-4-10-20(15)14-8-16-6-11-19(12-7-16)13-9-17(21)18-2/h15-16H,3-14H2,1-2H3,(H,18,21)/t15-/m0/s1. The largest absolute Gasteiger partial charge is 0.359 e. The van der Waals surface area contributed by atoms with E-state index in [0.717, 1.165) is 18.5 Å². The third-order valence-electron chi connectivity index (χ3n) is 5.41. The lowest BCUT2D eigenvalue weighted by atomic mass is 9.92. The van der Waals surface area contributed by atoms with Crippen LogP contribution in [0.5, 0.6) is 0 Å². The van der Waals surface area contributed by atoms with E-state index in [-0.39, 0.29) is 5.91 Å². The Kier molecular flexibility index (Phi) is 6.97. The van der Waals surface area contributed by atoms with E-state index >= 15 is 0 Å². The molecule has 0 unspecified atom stereocenters. The van der Waals surface area contributed by atoms with Crippen LogP contribution in [0.15, 0.2) is 0 Å². The van der Waals surface area contributed by atoms with Crippen LogP contribution in [-0.2, 0) is 4.79 Å². The maximum atomic E-state index is 11.3. The van der Waals surface area contributed by atoms with Gasteiger partial charge in [0.2, 0.25) is 5.91 Å². The van der Waals surface area contributed by atoms with E-state index in [0.29, 0.717) is 6.42 Å². The predicted octanol–water partition coefficient (Wildman–Crippen LogP) is 2.10. The fraction of sp³-hybridized carbons (Fsp3) is 0.941. The minimum atomic E-state index is 0.163. The summed E-state index contributed by atoms with van der Waals surface area (Å²) in [4.78, 5) is 16.4. The average Bonchev–Trinajstić information content (AvgIpc) is 2.53. The molecule has 0 aromatic heterocycles. The number of likely N-dealkylation sites (tertiary alicyclic amines) is 2.